The molecule has 0 spiro atoms. The van der Waals surface area contributed by atoms with Gasteiger partial charge in [-0.15, -0.1) is 0 Å². The van der Waals surface area contributed by atoms with Crippen molar-refractivity contribution in [3.05, 3.63) is 35.4 Å². The summed E-state index contributed by atoms with van der Waals surface area (Å²) in [5, 5.41) is 21.9. The topological polar surface area (TPSA) is 52.5 Å². The highest BCUT2D eigenvalue weighted by molar-refractivity contribution is 5.27. The van der Waals surface area contributed by atoms with Gasteiger partial charge in [-0.3, -0.25) is 0 Å². The largest absolute Gasteiger partial charge is 0.416 e. The zero-order valence-electron chi connectivity index (χ0n) is 11.3. The van der Waals surface area contributed by atoms with Gasteiger partial charge in [0, 0.05) is 6.54 Å². The highest BCUT2D eigenvalue weighted by atomic mass is 19.4. The fourth-order valence-electron chi connectivity index (χ4n) is 1.80. The van der Waals surface area contributed by atoms with Gasteiger partial charge >= 0.3 is 6.18 Å². The molecule has 0 amide bonds. The maximum atomic E-state index is 12.5. The first-order valence-electron chi connectivity index (χ1n) is 6.54. The number of aliphatic hydroxyl groups excluding tert-OH is 2. The summed E-state index contributed by atoms with van der Waals surface area (Å²) in [4.78, 5) is 0. The number of rotatable bonds is 7. The van der Waals surface area contributed by atoms with Crippen LogP contribution in [0.15, 0.2) is 24.3 Å². The third-order valence-electron chi connectivity index (χ3n) is 2.91. The van der Waals surface area contributed by atoms with Crippen molar-refractivity contribution in [3.63, 3.8) is 0 Å². The molecule has 0 saturated heterocycles. The van der Waals surface area contributed by atoms with Gasteiger partial charge in [0.2, 0.25) is 0 Å². The summed E-state index contributed by atoms with van der Waals surface area (Å²) in [6, 6.07) is 4.70. The number of alkyl halides is 3. The van der Waals surface area contributed by atoms with Crippen molar-refractivity contribution < 1.29 is 23.4 Å². The number of aliphatic hydroxyl groups is 2. The van der Waals surface area contributed by atoms with E-state index < -0.39 is 17.8 Å². The molecule has 0 radical (unpaired) electrons. The van der Waals surface area contributed by atoms with E-state index in [-0.39, 0.29) is 18.2 Å². The minimum atomic E-state index is -4.40. The van der Waals surface area contributed by atoms with Gasteiger partial charge in [-0.1, -0.05) is 12.1 Å². The van der Waals surface area contributed by atoms with E-state index in [2.05, 4.69) is 5.32 Å². The van der Waals surface area contributed by atoms with E-state index in [1.54, 1.807) is 6.92 Å². The average Bonchev–Trinajstić information content (AvgIpc) is 2.37. The minimum Gasteiger partial charge on any atom is -0.393 e. The van der Waals surface area contributed by atoms with Crippen LogP contribution in [0.4, 0.5) is 13.2 Å². The second kappa shape index (κ2) is 7.61. The van der Waals surface area contributed by atoms with E-state index in [1.807, 2.05) is 0 Å². The van der Waals surface area contributed by atoms with Gasteiger partial charge in [-0.25, -0.2) is 0 Å². The quantitative estimate of drug-likeness (QED) is 0.677. The molecule has 3 N–H and O–H groups in total. The zero-order valence-corrected chi connectivity index (χ0v) is 11.3. The molecule has 1 aromatic carbocycles. The van der Waals surface area contributed by atoms with Crippen LogP contribution < -0.4 is 5.32 Å². The monoisotopic (exact) mass is 291 g/mol. The normalized spacial score (nSPS) is 15.1. The maximum absolute atomic E-state index is 12.5. The van der Waals surface area contributed by atoms with E-state index >= 15 is 0 Å². The molecule has 0 fully saturated rings. The number of hydrogen-bond donors (Lipinski definition) is 3. The molecule has 0 saturated carbocycles. The molecule has 2 unspecified atom stereocenters. The number of benzene rings is 1. The lowest BCUT2D eigenvalue weighted by atomic mass is 10.1. The first-order valence-corrected chi connectivity index (χ1v) is 6.54. The van der Waals surface area contributed by atoms with Crippen LogP contribution in [0.1, 0.15) is 37.0 Å². The maximum Gasteiger partial charge on any atom is 0.416 e. The van der Waals surface area contributed by atoms with Gasteiger partial charge in [0.15, 0.2) is 0 Å². The molecule has 6 heteroatoms. The smallest absolute Gasteiger partial charge is 0.393 e. The molecule has 0 aromatic heterocycles. The fraction of sp³-hybridized carbons (Fsp3) is 0.571. The lowest BCUT2D eigenvalue weighted by molar-refractivity contribution is -0.137. The first kappa shape index (κ1) is 16.9. The lowest BCUT2D eigenvalue weighted by Crippen LogP contribution is -2.23. The summed E-state index contributed by atoms with van der Waals surface area (Å²) in [5.41, 5.74) is -0.522. The van der Waals surface area contributed by atoms with Crippen molar-refractivity contribution in [2.45, 2.75) is 38.1 Å². The lowest BCUT2D eigenvalue weighted by Gasteiger charge is -2.14. The van der Waals surface area contributed by atoms with Crippen molar-refractivity contribution in [2.24, 2.45) is 0 Å². The molecule has 114 valence electrons. The number of hydrogen-bond acceptors (Lipinski definition) is 3. The molecule has 1 aromatic rings. The highest BCUT2D eigenvalue weighted by Crippen LogP contribution is 2.30. The van der Waals surface area contributed by atoms with E-state index in [9.17, 15) is 18.3 Å². The number of halogens is 3. The zero-order chi connectivity index (χ0) is 15.2. The Morgan fingerprint density at radius 1 is 1.25 bits per heavy atom. The molecule has 20 heavy (non-hydrogen) atoms. The van der Waals surface area contributed by atoms with Crippen LogP contribution in [-0.2, 0) is 6.18 Å². The Hall–Kier alpha value is -1.11. The average molecular weight is 291 g/mol. The summed E-state index contributed by atoms with van der Waals surface area (Å²) < 4.78 is 37.6. The van der Waals surface area contributed by atoms with E-state index in [1.165, 1.54) is 12.1 Å². The Morgan fingerprint density at radius 3 is 2.55 bits per heavy atom. The van der Waals surface area contributed by atoms with Gasteiger partial charge in [-0.05, 0) is 44.0 Å². The van der Waals surface area contributed by atoms with Crippen molar-refractivity contribution >= 4 is 0 Å². The summed E-state index contributed by atoms with van der Waals surface area (Å²) in [7, 11) is 0. The van der Waals surface area contributed by atoms with Gasteiger partial charge in [-0.2, -0.15) is 13.2 Å². The van der Waals surface area contributed by atoms with Crippen LogP contribution in [0.25, 0.3) is 0 Å². The molecule has 0 heterocycles. The van der Waals surface area contributed by atoms with Crippen molar-refractivity contribution in [1.29, 1.82) is 0 Å². The van der Waals surface area contributed by atoms with Crippen LogP contribution in [0.2, 0.25) is 0 Å². The molecular formula is C14H20F3NO2. The summed E-state index contributed by atoms with van der Waals surface area (Å²) in [6.45, 7) is 2.47. The van der Waals surface area contributed by atoms with Crippen molar-refractivity contribution in [3.8, 4) is 0 Å². The predicted octanol–water partition coefficient (Wildman–Crippen LogP) is 2.49. The molecular weight excluding hydrogens is 271 g/mol. The molecule has 2 atom stereocenters. The first-order chi connectivity index (χ1) is 9.30. The van der Waals surface area contributed by atoms with Gasteiger partial charge < -0.3 is 15.5 Å². The van der Waals surface area contributed by atoms with Gasteiger partial charge in [0.1, 0.15) is 0 Å². The molecule has 0 aliphatic rings. The molecule has 0 aliphatic heterocycles. The fourth-order valence-corrected chi connectivity index (χ4v) is 1.80. The van der Waals surface area contributed by atoms with E-state index in [4.69, 9.17) is 5.11 Å². The third-order valence-corrected chi connectivity index (χ3v) is 2.91. The Kier molecular flexibility index (Phi) is 6.45. The van der Waals surface area contributed by atoms with Crippen molar-refractivity contribution in [1.82, 2.24) is 5.32 Å². The molecule has 3 nitrogen and oxygen atoms in total. The molecule has 0 aliphatic carbocycles. The second-order valence-corrected chi connectivity index (χ2v) is 4.83. The SMILES string of the molecule is CC(O)CCCNCC(O)c1cccc(C(F)(F)F)c1. The van der Waals surface area contributed by atoms with Gasteiger partial charge in [0.05, 0.1) is 17.8 Å². The Bertz CT molecular complexity index is 408. The second-order valence-electron chi connectivity index (χ2n) is 4.83. The predicted molar refractivity (Wildman–Crippen MR) is 70.2 cm³/mol. The molecule has 0 bridgehead atoms. The standard InChI is InChI=1S/C14H20F3NO2/c1-10(19)4-3-7-18-9-13(20)11-5-2-6-12(8-11)14(15,16)17/h2,5-6,8,10,13,18-20H,3-4,7,9H2,1H3. The molecule has 1 rings (SSSR count). The van der Waals surface area contributed by atoms with E-state index in [0.29, 0.717) is 13.0 Å². The Balaban J connectivity index is 2.45. The highest BCUT2D eigenvalue weighted by Gasteiger charge is 2.30. The van der Waals surface area contributed by atoms with Crippen LogP contribution >= 0.6 is 0 Å². The number of nitrogens with one attached hydrogen (secondary N) is 1. The van der Waals surface area contributed by atoms with Crippen LogP contribution in [0.5, 0.6) is 0 Å². The van der Waals surface area contributed by atoms with Crippen LogP contribution in [0, 0.1) is 0 Å². The van der Waals surface area contributed by atoms with Crippen LogP contribution in [-0.4, -0.2) is 29.4 Å². The summed E-state index contributed by atoms with van der Waals surface area (Å²) in [6.07, 6.45) is -4.37. The summed E-state index contributed by atoms with van der Waals surface area (Å²) in [5.74, 6) is 0. The van der Waals surface area contributed by atoms with E-state index in [0.717, 1.165) is 18.6 Å². The minimum absolute atomic E-state index is 0.182. The van der Waals surface area contributed by atoms with Gasteiger partial charge in [0.25, 0.3) is 0 Å². The Morgan fingerprint density at radius 2 is 1.95 bits per heavy atom. The van der Waals surface area contributed by atoms with Crippen molar-refractivity contribution in [2.75, 3.05) is 13.1 Å². The Labute approximate surface area is 116 Å². The third kappa shape index (κ3) is 5.90. The summed E-state index contributed by atoms with van der Waals surface area (Å²) >= 11 is 0. The van der Waals surface area contributed by atoms with Crippen LogP contribution in [0.3, 0.4) is 0 Å².